The second-order valence-corrected chi connectivity index (χ2v) is 5.23. The van der Waals surface area contributed by atoms with Crippen LogP contribution in [0.5, 0.6) is 0 Å². The summed E-state index contributed by atoms with van der Waals surface area (Å²) in [5.41, 5.74) is 3.61. The third-order valence-electron chi connectivity index (χ3n) is 3.68. The lowest BCUT2D eigenvalue weighted by molar-refractivity contribution is 0.0519. The smallest absolute Gasteiger partial charge is 0.361 e. The monoisotopic (exact) mass is 351 g/mol. The summed E-state index contributed by atoms with van der Waals surface area (Å²) in [4.78, 5) is 39.6. The Morgan fingerprint density at radius 1 is 1.35 bits per heavy atom. The summed E-state index contributed by atoms with van der Waals surface area (Å²) in [6.07, 6.45) is 0. The predicted octanol–water partition coefficient (Wildman–Crippen LogP) is 0.705. The van der Waals surface area contributed by atoms with Gasteiger partial charge in [0.15, 0.2) is 5.69 Å². The van der Waals surface area contributed by atoms with Crippen LogP contribution in [-0.2, 0) is 4.74 Å². The first-order valence-corrected chi connectivity index (χ1v) is 7.61. The number of hydrogen-bond acceptors (Lipinski definition) is 7. The number of H-pyrrole nitrogens is 1. The number of hydrogen-bond donors (Lipinski definition) is 2. The molecule has 2 heterocycles. The summed E-state index contributed by atoms with van der Waals surface area (Å²) in [7, 11) is 0. The van der Waals surface area contributed by atoms with Crippen molar-refractivity contribution < 1.29 is 9.53 Å². The molecule has 0 atom stereocenters. The quantitative estimate of drug-likeness (QED) is 0.661. The number of aromatic nitrogens is 3. The molecule has 0 radical (unpaired) electrons. The summed E-state index contributed by atoms with van der Waals surface area (Å²) in [6.45, 7) is 1.68. The number of nitriles is 1. The van der Waals surface area contributed by atoms with E-state index < -0.39 is 22.7 Å². The number of nitrogens with one attached hydrogen (secondary N) is 1. The molecule has 0 amide bonds. The van der Waals surface area contributed by atoms with Crippen molar-refractivity contribution in [3.63, 3.8) is 0 Å². The van der Waals surface area contributed by atoms with Crippen molar-refractivity contribution in [3.8, 4) is 11.8 Å². The fourth-order valence-electron chi connectivity index (χ4n) is 2.52. The number of nitrogens with two attached hydrogens (primary N) is 1. The zero-order valence-corrected chi connectivity index (χ0v) is 13.6. The van der Waals surface area contributed by atoms with Gasteiger partial charge >= 0.3 is 5.97 Å². The molecular weight excluding hydrogens is 338 g/mol. The summed E-state index contributed by atoms with van der Waals surface area (Å²) >= 11 is 0. The molecule has 3 N–H and O–H groups in total. The number of para-hydroxylation sites is 1. The highest BCUT2D eigenvalue weighted by Crippen LogP contribution is 2.20. The standard InChI is InChI=1S/C17H13N5O4/c1-2-26-17(25)14-13-11(12(19)10(8-18)15(23)20-13)16(24)22(21-14)9-6-4-3-5-7-9/h3-7H,2H2,1H3,(H3,19,20,23). The van der Waals surface area contributed by atoms with Crippen LogP contribution in [0.1, 0.15) is 23.0 Å². The van der Waals surface area contributed by atoms with Gasteiger partial charge in [-0.25, -0.2) is 4.79 Å². The largest absolute Gasteiger partial charge is 0.461 e. The van der Waals surface area contributed by atoms with E-state index in [1.54, 1.807) is 43.3 Å². The minimum atomic E-state index is -0.832. The van der Waals surface area contributed by atoms with E-state index in [2.05, 4.69) is 10.1 Å². The topological polar surface area (TPSA) is 144 Å². The lowest BCUT2D eigenvalue weighted by Crippen LogP contribution is -2.28. The number of fused-ring (bicyclic) bond motifs is 1. The molecule has 9 heteroatoms. The number of ether oxygens (including phenoxy) is 1. The van der Waals surface area contributed by atoms with Crippen molar-refractivity contribution in [1.82, 2.24) is 14.8 Å². The minimum Gasteiger partial charge on any atom is -0.461 e. The summed E-state index contributed by atoms with van der Waals surface area (Å²) < 4.78 is 5.94. The van der Waals surface area contributed by atoms with Crippen molar-refractivity contribution in [2.45, 2.75) is 6.92 Å². The van der Waals surface area contributed by atoms with Gasteiger partial charge in [0.25, 0.3) is 11.1 Å². The fraction of sp³-hybridized carbons (Fsp3) is 0.118. The van der Waals surface area contributed by atoms with Crippen LogP contribution in [0.15, 0.2) is 39.9 Å². The molecular formula is C17H13N5O4. The molecule has 0 aliphatic heterocycles. The Morgan fingerprint density at radius 3 is 2.65 bits per heavy atom. The SMILES string of the molecule is CCOC(=O)c1nn(-c2ccccc2)c(=O)c2c(N)c(C#N)c(=O)[nH]c12. The number of anilines is 1. The van der Waals surface area contributed by atoms with E-state index in [1.165, 1.54) is 0 Å². The average molecular weight is 351 g/mol. The van der Waals surface area contributed by atoms with Crippen LogP contribution < -0.4 is 16.9 Å². The molecule has 9 nitrogen and oxygen atoms in total. The molecule has 0 saturated heterocycles. The summed E-state index contributed by atoms with van der Waals surface area (Å²) in [5, 5.41) is 13.0. The molecule has 2 aromatic heterocycles. The van der Waals surface area contributed by atoms with E-state index in [0.717, 1.165) is 4.68 Å². The second-order valence-electron chi connectivity index (χ2n) is 5.23. The van der Waals surface area contributed by atoms with E-state index in [0.29, 0.717) is 5.69 Å². The zero-order valence-electron chi connectivity index (χ0n) is 13.6. The highest BCUT2D eigenvalue weighted by molar-refractivity contribution is 6.04. The average Bonchev–Trinajstić information content (AvgIpc) is 2.63. The summed E-state index contributed by atoms with van der Waals surface area (Å²) in [6, 6.07) is 10.0. The first-order chi connectivity index (χ1) is 12.5. The van der Waals surface area contributed by atoms with Gasteiger partial charge in [0.2, 0.25) is 0 Å². The van der Waals surface area contributed by atoms with Crippen LogP contribution in [0.4, 0.5) is 5.69 Å². The molecule has 26 heavy (non-hydrogen) atoms. The molecule has 3 rings (SSSR count). The summed E-state index contributed by atoms with van der Waals surface area (Å²) in [5.74, 6) is -0.832. The number of benzene rings is 1. The van der Waals surface area contributed by atoms with Crippen molar-refractivity contribution >= 4 is 22.6 Å². The lowest BCUT2D eigenvalue weighted by Gasteiger charge is -2.12. The highest BCUT2D eigenvalue weighted by Gasteiger charge is 2.23. The van der Waals surface area contributed by atoms with Crippen LogP contribution in [0.25, 0.3) is 16.6 Å². The van der Waals surface area contributed by atoms with E-state index in [1.807, 2.05) is 0 Å². The number of esters is 1. The number of nitrogens with zero attached hydrogens (tertiary/aromatic N) is 3. The Hall–Kier alpha value is -3.93. The maximum atomic E-state index is 12.9. The van der Waals surface area contributed by atoms with Crippen molar-refractivity contribution in [1.29, 1.82) is 5.26 Å². The maximum Gasteiger partial charge on any atom is 0.361 e. The van der Waals surface area contributed by atoms with E-state index in [9.17, 15) is 14.4 Å². The van der Waals surface area contributed by atoms with Crippen LogP contribution in [0.2, 0.25) is 0 Å². The number of carbonyl (C=O) groups is 1. The molecule has 130 valence electrons. The van der Waals surface area contributed by atoms with Crippen LogP contribution in [0.3, 0.4) is 0 Å². The molecule has 0 aliphatic rings. The van der Waals surface area contributed by atoms with Gasteiger partial charge in [-0.1, -0.05) is 18.2 Å². The lowest BCUT2D eigenvalue weighted by atomic mass is 10.1. The Bertz CT molecular complexity index is 1170. The van der Waals surface area contributed by atoms with Crippen molar-refractivity contribution in [2.24, 2.45) is 0 Å². The molecule has 0 unspecified atom stereocenters. The minimum absolute atomic E-state index is 0.0719. The second kappa shape index (κ2) is 6.52. The third-order valence-corrected chi connectivity index (χ3v) is 3.68. The molecule has 1 aromatic carbocycles. The Kier molecular flexibility index (Phi) is 4.24. The number of rotatable bonds is 3. The third kappa shape index (κ3) is 2.59. The molecule has 0 aliphatic carbocycles. The van der Waals surface area contributed by atoms with E-state index in [-0.39, 0.29) is 28.9 Å². The van der Waals surface area contributed by atoms with Crippen molar-refractivity contribution in [2.75, 3.05) is 12.3 Å². The van der Waals surface area contributed by atoms with Gasteiger partial charge in [-0.15, -0.1) is 0 Å². The molecule has 0 bridgehead atoms. The van der Waals surface area contributed by atoms with Crippen LogP contribution >= 0.6 is 0 Å². The molecule has 0 spiro atoms. The molecule has 0 saturated carbocycles. The van der Waals surface area contributed by atoms with E-state index in [4.69, 9.17) is 15.7 Å². The van der Waals surface area contributed by atoms with Gasteiger partial charge in [-0.3, -0.25) is 9.59 Å². The molecule has 0 fully saturated rings. The number of nitrogen functional groups attached to an aromatic ring is 1. The van der Waals surface area contributed by atoms with Gasteiger partial charge < -0.3 is 15.5 Å². The number of aromatic amines is 1. The maximum absolute atomic E-state index is 12.9. The van der Waals surface area contributed by atoms with Gasteiger partial charge in [-0.2, -0.15) is 15.0 Å². The highest BCUT2D eigenvalue weighted by atomic mass is 16.5. The Labute approximate surface area is 146 Å². The van der Waals surface area contributed by atoms with Gasteiger partial charge in [0.1, 0.15) is 11.6 Å². The predicted molar refractivity (Wildman–Crippen MR) is 93.0 cm³/mol. The first kappa shape index (κ1) is 16.9. The van der Waals surface area contributed by atoms with E-state index >= 15 is 0 Å². The number of pyridine rings is 1. The zero-order chi connectivity index (χ0) is 18.8. The Balaban J connectivity index is 2.51. The van der Waals surface area contributed by atoms with Crippen LogP contribution in [-0.4, -0.2) is 27.3 Å². The van der Waals surface area contributed by atoms with Crippen molar-refractivity contribution in [3.05, 3.63) is 62.3 Å². The van der Waals surface area contributed by atoms with Crippen LogP contribution in [0, 0.1) is 11.3 Å². The van der Waals surface area contributed by atoms with Gasteiger partial charge in [0.05, 0.1) is 28.9 Å². The fourth-order valence-corrected chi connectivity index (χ4v) is 2.52. The molecule has 3 aromatic rings. The van der Waals surface area contributed by atoms with Gasteiger partial charge in [-0.05, 0) is 19.1 Å². The Morgan fingerprint density at radius 2 is 2.04 bits per heavy atom. The van der Waals surface area contributed by atoms with Gasteiger partial charge in [0, 0.05) is 0 Å². The number of carbonyl (C=O) groups excluding carboxylic acids is 1. The first-order valence-electron chi connectivity index (χ1n) is 7.61. The normalized spacial score (nSPS) is 10.5.